The average molecular weight is 704 g/mol. The Morgan fingerprint density at radius 3 is 2.56 bits per heavy atom. The van der Waals surface area contributed by atoms with E-state index in [-0.39, 0.29) is 53.7 Å². The molecule has 0 radical (unpaired) electrons. The van der Waals surface area contributed by atoms with Crippen molar-refractivity contribution in [2.24, 2.45) is 0 Å². The van der Waals surface area contributed by atoms with E-state index in [1.807, 2.05) is 13.8 Å². The molecular formula is C37H41N3O9S. The highest BCUT2D eigenvalue weighted by Crippen LogP contribution is 2.61. The summed E-state index contributed by atoms with van der Waals surface area (Å²) in [7, 11) is 3.06. The molecule has 7 aliphatic heterocycles. The van der Waals surface area contributed by atoms with E-state index in [0.717, 1.165) is 44.5 Å². The standard InChI is InChI=1S/C37H41N3O9S/c1-15-8-19-9-21-35(43)40-22-12-47-36(44)37(20-11-24(45-4)23(41)10-18(20)6-7-38-37)13-50-34(29(40)28(39-21)26(19)30(42)31(15)46-5)25-16(2)17(3)32-33(27(22)25)49-14-48-32/h8,10-11,21-22,28-29,34-35,38-39,41-43H,6-7,9,12-14H2,1-5H3/t21-,22-,28+,29?,34+,35-,37+/m0/s1. The Balaban J connectivity index is 1.28. The second-order valence-corrected chi connectivity index (χ2v) is 15.3. The van der Waals surface area contributed by atoms with Crippen molar-refractivity contribution in [2.45, 2.75) is 74.8 Å². The summed E-state index contributed by atoms with van der Waals surface area (Å²) in [5.74, 6) is 1.98. The summed E-state index contributed by atoms with van der Waals surface area (Å²) in [6.45, 7) is 6.59. The van der Waals surface area contributed by atoms with Crippen LogP contribution in [0.1, 0.15) is 67.4 Å². The van der Waals surface area contributed by atoms with Gasteiger partial charge in [0.1, 0.15) is 12.8 Å². The molecule has 2 fully saturated rings. The molecule has 0 aromatic heterocycles. The van der Waals surface area contributed by atoms with Crippen molar-refractivity contribution in [1.29, 1.82) is 0 Å². The van der Waals surface area contributed by atoms with Gasteiger partial charge in [0.15, 0.2) is 40.0 Å². The van der Waals surface area contributed by atoms with Crippen LogP contribution in [-0.2, 0) is 27.9 Å². The van der Waals surface area contributed by atoms with E-state index < -0.39 is 29.8 Å². The largest absolute Gasteiger partial charge is 0.504 e. The molecule has 7 aliphatic rings. The Kier molecular flexibility index (Phi) is 7.25. The topological polar surface area (TPSA) is 151 Å². The number of hydrogen-bond donors (Lipinski definition) is 5. The van der Waals surface area contributed by atoms with Crippen molar-refractivity contribution in [2.75, 3.05) is 39.9 Å². The predicted molar refractivity (Wildman–Crippen MR) is 183 cm³/mol. The first-order valence-electron chi connectivity index (χ1n) is 17.1. The fraction of sp³-hybridized carbons (Fsp3) is 0.486. The van der Waals surface area contributed by atoms with Gasteiger partial charge in [-0.05, 0) is 84.7 Å². The third-order valence-electron chi connectivity index (χ3n) is 11.9. The number of carbonyl (C=O) groups excluding carboxylic acids is 1. The molecule has 10 rings (SSSR count). The number of esters is 1. The number of nitrogens with one attached hydrogen (secondary N) is 2. The molecule has 0 amide bonds. The van der Waals surface area contributed by atoms with Crippen LogP contribution in [0.5, 0.6) is 34.5 Å². The maximum atomic E-state index is 14.6. The molecule has 264 valence electrons. The Bertz CT molecular complexity index is 1970. The minimum atomic E-state index is -1.24. The minimum absolute atomic E-state index is 0.0215. The molecule has 50 heavy (non-hydrogen) atoms. The summed E-state index contributed by atoms with van der Waals surface area (Å²) >= 11 is 1.62. The highest BCUT2D eigenvalue weighted by atomic mass is 32.2. The van der Waals surface area contributed by atoms with E-state index in [9.17, 15) is 20.1 Å². The van der Waals surface area contributed by atoms with Crippen LogP contribution in [0.25, 0.3) is 0 Å². The first-order chi connectivity index (χ1) is 24.1. The SMILES string of the molecule is COc1cc2c(cc1O)CCN[C@]21CS[C@@H]2c3c(C)c(C)c4c(c3[C@H](COC1=O)N1C2[C@@H]2N[C@@H](Cc3cc(C)c(OC)c(O)c32)[C@@H]1O)OCO4. The van der Waals surface area contributed by atoms with E-state index >= 15 is 0 Å². The van der Waals surface area contributed by atoms with Crippen LogP contribution in [0.4, 0.5) is 0 Å². The number of thioether (sulfide) groups is 1. The van der Waals surface area contributed by atoms with Gasteiger partial charge in [-0.25, -0.2) is 4.79 Å². The first kappa shape index (κ1) is 32.1. The van der Waals surface area contributed by atoms with Gasteiger partial charge in [0.2, 0.25) is 6.79 Å². The van der Waals surface area contributed by atoms with Gasteiger partial charge < -0.3 is 44.3 Å². The summed E-state index contributed by atoms with van der Waals surface area (Å²) in [6, 6.07) is 3.78. The van der Waals surface area contributed by atoms with Gasteiger partial charge in [-0.2, -0.15) is 0 Å². The number of aromatic hydroxyl groups is 2. The molecular weight excluding hydrogens is 662 g/mol. The van der Waals surface area contributed by atoms with E-state index in [1.54, 1.807) is 31.0 Å². The molecule has 5 N–H and O–H groups in total. The second kappa shape index (κ2) is 11.3. The Labute approximate surface area is 294 Å². The normalized spacial score (nSPS) is 30.6. The fourth-order valence-electron chi connectivity index (χ4n) is 9.56. The fourth-order valence-corrected chi connectivity index (χ4v) is 11.3. The number of rotatable bonds is 2. The number of piperazine rings is 1. The summed E-state index contributed by atoms with van der Waals surface area (Å²) in [4.78, 5) is 16.6. The number of phenols is 2. The van der Waals surface area contributed by atoms with Gasteiger partial charge in [0, 0.05) is 34.7 Å². The van der Waals surface area contributed by atoms with Gasteiger partial charge in [0.05, 0.1) is 32.3 Å². The van der Waals surface area contributed by atoms with Gasteiger partial charge in [0.25, 0.3) is 0 Å². The number of methoxy groups -OCH3 is 2. The zero-order chi connectivity index (χ0) is 34.8. The highest BCUT2D eigenvalue weighted by molar-refractivity contribution is 7.99. The van der Waals surface area contributed by atoms with Crippen LogP contribution in [0, 0.1) is 20.8 Å². The number of ether oxygens (including phenoxy) is 5. The van der Waals surface area contributed by atoms with Crippen LogP contribution in [0.2, 0.25) is 0 Å². The number of aliphatic hydroxyl groups excluding tert-OH is 1. The summed E-state index contributed by atoms with van der Waals surface area (Å²) in [5, 5.41) is 41.7. The molecule has 7 atom stereocenters. The molecule has 4 bridgehead atoms. The molecule has 13 heteroatoms. The van der Waals surface area contributed by atoms with E-state index in [1.165, 1.54) is 7.11 Å². The zero-order valence-electron chi connectivity index (χ0n) is 28.6. The number of hydrogen-bond acceptors (Lipinski definition) is 13. The van der Waals surface area contributed by atoms with Gasteiger partial charge in [-0.1, -0.05) is 6.07 Å². The number of aryl methyl sites for hydroxylation is 1. The van der Waals surface area contributed by atoms with Crippen molar-refractivity contribution in [3.8, 4) is 34.5 Å². The predicted octanol–water partition coefficient (Wildman–Crippen LogP) is 3.45. The second-order valence-electron chi connectivity index (χ2n) is 14.2. The number of aliphatic hydroxyl groups is 1. The van der Waals surface area contributed by atoms with Gasteiger partial charge in [-0.15, -0.1) is 11.8 Å². The quantitative estimate of drug-likeness (QED) is 0.248. The first-order valence-corrected chi connectivity index (χ1v) is 18.1. The highest BCUT2D eigenvalue weighted by Gasteiger charge is 2.59. The van der Waals surface area contributed by atoms with Crippen molar-refractivity contribution in [1.82, 2.24) is 15.5 Å². The molecule has 3 aromatic rings. The lowest BCUT2D eigenvalue weighted by molar-refractivity contribution is -0.164. The number of nitrogens with zero attached hydrogens (tertiary/aromatic N) is 1. The smallest absolute Gasteiger partial charge is 0.331 e. The Hall–Kier alpha value is -3.88. The zero-order valence-corrected chi connectivity index (χ0v) is 29.4. The van der Waals surface area contributed by atoms with Crippen LogP contribution in [0.15, 0.2) is 18.2 Å². The number of phenolic OH excluding ortho intramolecular Hbond substituents is 2. The van der Waals surface area contributed by atoms with Gasteiger partial charge >= 0.3 is 5.97 Å². The average Bonchev–Trinajstić information content (AvgIpc) is 3.60. The van der Waals surface area contributed by atoms with E-state index in [2.05, 4.69) is 28.5 Å². The van der Waals surface area contributed by atoms with Crippen molar-refractivity contribution >= 4 is 17.7 Å². The van der Waals surface area contributed by atoms with Crippen molar-refractivity contribution in [3.05, 3.63) is 68.3 Å². The van der Waals surface area contributed by atoms with E-state index in [0.29, 0.717) is 42.2 Å². The van der Waals surface area contributed by atoms with Crippen LogP contribution >= 0.6 is 11.8 Å². The number of carbonyl (C=O) groups is 1. The third-order valence-corrected chi connectivity index (χ3v) is 13.4. The molecule has 0 saturated carbocycles. The lowest BCUT2D eigenvalue weighted by Crippen LogP contribution is -2.70. The maximum absolute atomic E-state index is 14.6. The molecule has 1 unspecified atom stereocenters. The molecule has 7 heterocycles. The number of fused-ring (bicyclic) bond motifs is 9. The lowest BCUT2D eigenvalue weighted by Gasteiger charge is -2.59. The monoisotopic (exact) mass is 703 g/mol. The van der Waals surface area contributed by atoms with E-state index in [4.69, 9.17) is 23.7 Å². The summed E-state index contributed by atoms with van der Waals surface area (Å²) in [6.07, 6.45) is 0.175. The molecule has 3 aromatic carbocycles. The Morgan fingerprint density at radius 2 is 1.78 bits per heavy atom. The minimum Gasteiger partial charge on any atom is -0.504 e. The molecule has 1 spiro atoms. The maximum Gasteiger partial charge on any atom is 0.331 e. The van der Waals surface area contributed by atoms with Crippen molar-refractivity contribution < 1.29 is 43.8 Å². The summed E-state index contributed by atoms with van der Waals surface area (Å²) in [5.41, 5.74) is 6.85. The lowest BCUT2D eigenvalue weighted by atomic mass is 9.73. The molecule has 0 aliphatic carbocycles. The molecule has 12 nitrogen and oxygen atoms in total. The van der Waals surface area contributed by atoms with Crippen LogP contribution < -0.4 is 29.6 Å². The molecule has 2 saturated heterocycles. The van der Waals surface area contributed by atoms with Gasteiger partial charge in [-0.3, -0.25) is 10.2 Å². The van der Waals surface area contributed by atoms with Crippen LogP contribution in [-0.4, -0.2) is 84.4 Å². The summed E-state index contributed by atoms with van der Waals surface area (Å²) < 4.78 is 29.8. The van der Waals surface area contributed by atoms with Crippen LogP contribution in [0.3, 0.4) is 0 Å². The number of benzene rings is 3. The Morgan fingerprint density at radius 1 is 0.980 bits per heavy atom. The third kappa shape index (κ3) is 4.18. The van der Waals surface area contributed by atoms with Crippen molar-refractivity contribution in [3.63, 3.8) is 0 Å².